The Morgan fingerprint density at radius 3 is 2.66 bits per heavy atom. The van der Waals surface area contributed by atoms with Gasteiger partial charge < -0.3 is 10.1 Å². The third kappa shape index (κ3) is 4.27. The first-order valence-corrected chi connectivity index (χ1v) is 11.7. The maximum Gasteiger partial charge on any atom is 0.433 e. The van der Waals surface area contributed by atoms with Crippen LogP contribution >= 0.6 is 11.3 Å². The summed E-state index contributed by atoms with van der Waals surface area (Å²) in [5, 5.41) is 6.86. The smallest absolute Gasteiger partial charge is 0.433 e. The van der Waals surface area contributed by atoms with E-state index in [0.29, 0.717) is 27.1 Å². The zero-order valence-corrected chi connectivity index (χ0v) is 19.3. The zero-order valence-electron chi connectivity index (χ0n) is 18.5. The van der Waals surface area contributed by atoms with Crippen LogP contribution in [0.4, 0.5) is 18.2 Å². The molecule has 0 fully saturated rings. The summed E-state index contributed by atoms with van der Waals surface area (Å²) in [6.07, 6.45) is -2.33. The van der Waals surface area contributed by atoms with E-state index in [-0.39, 0.29) is 23.6 Å². The van der Waals surface area contributed by atoms with Crippen molar-refractivity contribution in [2.75, 3.05) is 11.9 Å². The fraction of sp³-hybridized carbons (Fsp3) is 0.250. The highest BCUT2D eigenvalue weighted by molar-refractivity contribution is 7.17. The van der Waals surface area contributed by atoms with Gasteiger partial charge in [0.2, 0.25) is 0 Å². The quantitative estimate of drug-likeness (QED) is 0.371. The molecule has 0 radical (unpaired) electrons. The molecule has 7 nitrogen and oxygen atoms in total. The van der Waals surface area contributed by atoms with Gasteiger partial charge in [-0.1, -0.05) is 30.3 Å². The molecule has 180 valence electrons. The number of alkyl halides is 3. The molecule has 0 spiro atoms. The number of halogens is 3. The van der Waals surface area contributed by atoms with Gasteiger partial charge in [-0.25, -0.2) is 14.3 Å². The van der Waals surface area contributed by atoms with Gasteiger partial charge >= 0.3 is 12.1 Å². The van der Waals surface area contributed by atoms with Gasteiger partial charge in [0.05, 0.1) is 17.9 Å². The number of hydrogen-bond acceptors (Lipinski definition) is 6. The van der Waals surface area contributed by atoms with Crippen molar-refractivity contribution < 1.29 is 27.5 Å². The molecule has 0 saturated heterocycles. The van der Waals surface area contributed by atoms with E-state index in [2.05, 4.69) is 15.4 Å². The largest absolute Gasteiger partial charge is 0.462 e. The van der Waals surface area contributed by atoms with Gasteiger partial charge in [0.1, 0.15) is 5.00 Å². The maximum atomic E-state index is 13.8. The second kappa shape index (κ2) is 8.81. The lowest BCUT2D eigenvalue weighted by molar-refractivity contribution is -0.142. The molecule has 35 heavy (non-hydrogen) atoms. The molecule has 3 heterocycles. The van der Waals surface area contributed by atoms with Crippen molar-refractivity contribution in [1.29, 1.82) is 0 Å². The van der Waals surface area contributed by atoms with Gasteiger partial charge in [-0.05, 0) is 37.8 Å². The maximum absolute atomic E-state index is 13.8. The molecular weight excluding hydrogens is 481 g/mol. The van der Waals surface area contributed by atoms with E-state index in [0.717, 1.165) is 29.3 Å². The van der Waals surface area contributed by atoms with Gasteiger partial charge in [0, 0.05) is 16.5 Å². The number of benzene rings is 1. The Morgan fingerprint density at radius 2 is 1.94 bits per heavy atom. The zero-order chi connectivity index (χ0) is 24.7. The number of amides is 1. The number of nitrogens with one attached hydrogen (secondary N) is 1. The summed E-state index contributed by atoms with van der Waals surface area (Å²) in [4.78, 5) is 30.9. The molecule has 1 aliphatic rings. The Morgan fingerprint density at radius 1 is 1.17 bits per heavy atom. The summed E-state index contributed by atoms with van der Waals surface area (Å²) < 4.78 is 47.3. The van der Waals surface area contributed by atoms with E-state index >= 15 is 0 Å². The Balaban J connectivity index is 1.54. The summed E-state index contributed by atoms with van der Waals surface area (Å²) in [6.45, 7) is 1.87. The number of rotatable bonds is 5. The number of ether oxygens (including phenoxy) is 1. The first-order chi connectivity index (χ1) is 16.8. The number of esters is 1. The van der Waals surface area contributed by atoms with E-state index in [1.807, 2.05) is 0 Å². The Bertz CT molecular complexity index is 1440. The lowest BCUT2D eigenvalue weighted by Gasteiger charge is -2.11. The van der Waals surface area contributed by atoms with Crippen molar-refractivity contribution in [2.24, 2.45) is 0 Å². The lowest BCUT2D eigenvalue weighted by atomic mass is 10.1. The highest BCUT2D eigenvalue weighted by Crippen LogP contribution is 2.40. The van der Waals surface area contributed by atoms with E-state index in [9.17, 15) is 22.8 Å². The van der Waals surface area contributed by atoms with Crippen LogP contribution in [0.5, 0.6) is 0 Å². The fourth-order valence-electron chi connectivity index (χ4n) is 4.12. The number of hydrogen-bond donors (Lipinski definition) is 1. The van der Waals surface area contributed by atoms with Crippen molar-refractivity contribution in [3.63, 3.8) is 0 Å². The fourth-order valence-corrected chi connectivity index (χ4v) is 5.40. The van der Waals surface area contributed by atoms with Crippen molar-refractivity contribution in [1.82, 2.24) is 14.6 Å². The van der Waals surface area contributed by atoms with Crippen LogP contribution in [0.3, 0.4) is 0 Å². The Labute approximate surface area is 201 Å². The second-order valence-corrected chi connectivity index (χ2v) is 9.03. The molecule has 4 aromatic rings. The minimum absolute atomic E-state index is 0.108. The van der Waals surface area contributed by atoms with Gasteiger partial charge in [-0.15, -0.1) is 11.3 Å². The molecule has 0 atom stereocenters. The lowest BCUT2D eigenvalue weighted by Crippen LogP contribution is -2.17. The van der Waals surface area contributed by atoms with E-state index < -0.39 is 23.7 Å². The standard InChI is InChI=1S/C24H19F3N4O3S/c1-2-34-23(33)20-14-9-6-10-17(14)35-22(20)29-21(32)16-12-19-28-15(13-7-4-3-5-8-13)11-18(24(25,26)27)31(19)30-16/h3-5,7-8,11-12H,2,6,9-10H2,1H3,(H,29,32). The van der Waals surface area contributed by atoms with Crippen molar-refractivity contribution in [2.45, 2.75) is 32.4 Å². The van der Waals surface area contributed by atoms with Crippen LogP contribution in [0.15, 0.2) is 42.5 Å². The number of anilines is 1. The van der Waals surface area contributed by atoms with Crippen molar-refractivity contribution in [3.05, 3.63) is 69.9 Å². The SMILES string of the molecule is CCOC(=O)c1c(NC(=O)c2cc3nc(-c4ccccc4)cc(C(F)(F)F)n3n2)sc2c1CCC2. The van der Waals surface area contributed by atoms with Crippen LogP contribution in [-0.2, 0) is 23.8 Å². The van der Waals surface area contributed by atoms with E-state index in [1.165, 1.54) is 17.4 Å². The number of fused-ring (bicyclic) bond motifs is 2. The molecule has 0 aliphatic heterocycles. The molecule has 11 heteroatoms. The van der Waals surface area contributed by atoms with E-state index in [1.54, 1.807) is 37.3 Å². The molecule has 1 aromatic carbocycles. The normalized spacial score (nSPS) is 13.1. The molecule has 0 saturated carbocycles. The molecular formula is C24H19F3N4O3S. The number of aryl methyl sites for hydroxylation is 1. The van der Waals surface area contributed by atoms with Gasteiger partial charge in [0.15, 0.2) is 17.0 Å². The first-order valence-electron chi connectivity index (χ1n) is 10.9. The monoisotopic (exact) mass is 500 g/mol. The summed E-state index contributed by atoms with van der Waals surface area (Å²) in [5.41, 5.74) is 0.341. The summed E-state index contributed by atoms with van der Waals surface area (Å²) in [7, 11) is 0. The topological polar surface area (TPSA) is 85.6 Å². The molecule has 0 bridgehead atoms. The summed E-state index contributed by atoms with van der Waals surface area (Å²) in [6, 6.07) is 10.5. The minimum atomic E-state index is -4.73. The van der Waals surface area contributed by atoms with E-state index in [4.69, 9.17) is 4.74 Å². The molecule has 0 unspecified atom stereocenters. The number of thiophene rings is 1. The molecule has 3 aromatic heterocycles. The predicted octanol–water partition coefficient (Wildman–Crippen LogP) is 5.39. The average molecular weight is 501 g/mol. The number of aromatic nitrogens is 3. The summed E-state index contributed by atoms with van der Waals surface area (Å²) >= 11 is 1.28. The van der Waals surface area contributed by atoms with Gasteiger partial charge in [0.25, 0.3) is 5.91 Å². The second-order valence-electron chi connectivity index (χ2n) is 7.93. The van der Waals surface area contributed by atoms with Gasteiger partial charge in [-0.2, -0.15) is 18.3 Å². The molecule has 1 N–H and O–H groups in total. The Kier molecular flexibility index (Phi) is 5.79. The third-order valence-electron chi connectivity index (χ3n) is 5.65. The first kappa shape index (κ1) is 23.0. The summed E-state index contributed by atoms with van der Waals surface area (Å²) in [5.74, 6) is -1.28. The van der Waals surface area contributed by atoms with Crippen molar-refractivity contribution in [3.8, 4) is 11.3 Å². The van der Waals surface area contributed by atoms with Crippen LogP contribution in [0.1, 0.15) is 50.3 Å². The van der Waals surface area contributed by atoms with Crippen LogP contribution in [0.25, 0.3) is 16.9 Å². The van der Waals surface area contributed by atoms with Gasteiger partial charge in [-0.3, -0.25) is 4.79 Å². The minimum Gasteiger partial charge on any atom is -0.462 e. The van der Waals surface area contributed by atoms with Crippen LogP contribution in [0.2, 0.25) is 0 Å². The molecule has 5 rings (SSSR count). The third-order valence-corrected chi connectivity index (χ3v) is 6.85. The predicted molar refractivity (Wildman–Crippen MR) is 124 cm³/mol. The Hall–Kier alpha value is -3.73. The van der Waals surface area contributed by atoms with Crippen LogP contribution in [0, 0.1) is 0 Å². The van der Waals surface area contributed by atoms with Crippen molar-refractivity contribution >= 4 is 33.9 Å². The van der Waals surface area contributed by atoms with Crippen LogP contribution in [-0.4, -0.2) is 33.1 Å². The highest BCUT2D eigenvalue weighted by atomic mass is 32.1. The number of carbonyl (C=O) groups excluding carboxylic acids is 2. The molecule has 1 amide bonds. The van der Waals surface area contributed by atoms with Crippen LogP contribution < -0.4 is 5.32 Å². The average Bonchev–Trinajstić information content (AvgIpc) is 3.52. The highest BCUT2D eigenvalue weighted by Gasteiger charge is 2.36. The number of carbonyl (C=O) groups is 2. The molecule has 1 aliphatic carbocycles. The number of nitrogens with zero attached hydrogens (tertiary/aromatic N) is 3.